The van der Waals surface area contributed by atoms with Gasteiger partial charge in [-0.05, 0) is 43.2 Å². The van der Waals surface area contributed by atoms with E-state index >= 15 is 0 Å². The second-order valence-electron chi connectivity index (χ2n) is 4.63. The highest BCUT2D eigenvalue weighted by atomic mass is 32.2. The summed E-state index contributed by atoms with van der Waals surface area (Å²) in [5.41, 5.74) is 10.5. The number of hydrogen-bond donors (Lipinski definition) is 1. The zero-order valence-corrected chi connectivity index (χ0v) is 12.4. The number of nitrogen functional groups attached to an aromatic ring is 1. The fourth-order valence-electron chi connectivity index (χ4n) is 2.00. The van der Waals surface area contributed by atoms with Crippen molar-refractivity contribution in [3.63, 3.8) is 0 Å². The van der Waals surface area contributed by atoms with Crippen molar-refractivity contribution in [3.8, 4) is 5.75 Å². The molecule has 0 atom stereocenters. The first-order chi connectivity index (χ1) is 9.10. The van der Waals surface area contributed by atoms with E-state index in [1.165, 1.54) is 21.6 Å². The van der Waals surface area contributed by atoms with Gasteiger partial charge >= 0.3 is 0 Å². The number of thioether (sulfide) groups is 1. The topological polar surface area (TPSA) is 35.2 Å². The molecule has 100 valence electrons. The highest BCUT2D eigenvalue weighted by Crippen LogP contribution is 2.29. The molecule has 0 saturated carbocycles. The largest absolute Gasteiger partial charge is 0.495 e. The molecule has 0 radical (unpaired) electrons. The molecule has 0 fully saturated rings. The minimum absolute atomic E-state index is 0.696. The van der Waals surface area contributed by atoms with Gasteiger partial charge in [-0.2, -0.15) is 0 Å². The molecule has 0 saturated heterocycles. The van der Waals surface area contributed by atoms with Crippen molar-refractivity contribution < 1.29 is 4.74 Å². The Morgan fingerprint density at radius 1 is 1.11 bits per heavy atom. The maximum Gasteiger partial charge on any atom is 0.141 e. The van der Waals surface area contributed by atoms with Crippen LogP contribution < -0.4 is 10.5 Å². The number of aryl methyl sites for hydroxylation is 2. The van der Waals surface area contributed by atoms with Gasteiger partial charge in [-0.3, -0.25) is 0 Å². The summed E-state index contributed by atoms with van der Waals surface area (Å²) in [7, 11) is 1.63. The van der Waals surface area contributed by atoms with Crippen molar-refractivity contribution in [3.05, 3.63) is 53.1 Å². The summed E-state index contributed by atoms with van der Waals surface area (Å²) in [4.78, 5) is 1.32. The molecule has 0 aliphatic heterocycles. The lowest BCUT2D eigenvalue weighted by Gasteiger charge is -2.09. The van der Waals surface area contributed by atoms with Gasteiger partial charge in [0, 0.05) is 10.6 Å². The standard InChI is InChI=1S/C16H19NOS/c1-11-4-7-16(12(2)8-11)19-10-13-5-6-15(18-3)14(17)9-13/h4-9H,10,17H2,1-3H3. The second-order valence-corrected chi connectivity index (χ2v) is 5.65. The number of benzene rings is 2. The molecule has 0 amide bonds. The average Bonchev–Trinajstić information content (AvgIpc) is 2.38. The first-order valence-corrected chi connectivity index (χ1v) is 7.21. The predicted molar refractivity (Wildman–Crippen MR) is 82.9 cm³/mol. The van der Waals surface area contributed by atoms with Gasteiger partial charge < -0.3 is 10.5 Å². The lowest BCUT2D eigenvalue weighted by Crippen LogP contribution is -1.93. The summed E-state index contributed by atoms with van der Waals surface area (Å²) >= 11 is 1.83. The summed E-state index contributed by atoms with van der Waals surface area (Å²) in [6.07, 6.45) is 0. The molecule has 0 aliphatic carbocycles. The Labute approximate surface area is 119 Å². The van der Waals surface area contributed by atoms with Gasteiger partial charge in [-0.25, -0.2) is 0 Å². The molecule has 0 aliphatic rings. The van der Waals surface area contributed by atoms with E-state index in [1.54, 1.807) is 7.11 Å². The molecular weight excluding hydrogens is 254 g/mol. The summed E-state index contributed by atoms with van der Waals surface area (Å²) in [6, 6.07) is 12.5. The molecule has 0 aromatic heterocycles. The van der Waals surface area contributed by atoms with Crippen molar-refractivity contribution >= 4 is 17.4 Å². The van der Waals surface area contributed by atoms with E-state index in [0.29, 0.717) is 5.69 Å². The van der Waals surface area contributed by atoms with E-state index < -0.39 is 0 Å². The monoisotopic (exact) mass is 273 g/mol. The van der Waals surface area contributed by atoms with Crippen LogP contribution in [0.1, 0.15) is 16.7 Å². The Kier molecular flexibility index (Phi) is 4.38. The minimum atomic E-state index is 0.696. The summed E-state index contributed by atoms with van der Waals surface area (Å²) in [5.74, 6) is 1.65. The van der Waals surface area contributed by atoms with E-state index in [1.807, 2.05) is 23.9 Å². The third-order valence-corrected chi connectivity index (χ3v) is 4.27. The Bertz CT molecular complexity index is 581. The molecule has 0 bridgehead atoms. The number of rotatable bonds is 4. The first kappa shape index (κ1) is 13.8. The molecule has 0 heterocycles. The third-order valence-electron chi connectivity index (χ3n) is 3.02. The van der Waals surface area contributed by atoms with Gasteiger partial charge in [-0.1, -0.05) is 23.8 Å². The summed E-state index contributed by atoms with van der Waals surface area (Å²) < 4.78 is 5.16. The van der Waals surface area contributed by atoms with Gasteiger partial charge in [-0.15, -0.1) is 11.8 Å². The van der Waals surface area contributed by atoms with Crippen LogP contribution in [0.3, 0.4) is 0 Å². The zero-order chi connectivity index (χ0) is 13.8. The van der Waals surface area contributed by atoms with Gasteiger partial charge in [0.05, 0.1) is 12.8 Å². The Hall–Kier alpha value is -1.61. The number of nitrogens with two attached hydrogens (primary N) is 1. The maximum atomic E-state index is 5.92. The van der Waals surface area contributed by atoms with E-state index in [2.05, 4.69) is 38.1 Å². The van der Waals surface area contributed by atoms with Crippen molar-refractivity contribution in [1.82, 2.24) is 0 Å². The van der Waals surface area contributed by atoms with Crippen molar-refractivity contribution in [2.24, 2.45) is 0 Å². The zero-order valence-electron chi connectivity index (χ0n) is 11.6. The fraction of sp³-hybridized carbons (Fsp3) is 0.250. The minimum Gasteiger partial charge on any atom is -0.495 e. The fourth-order valence-corrected chi connectivity index (χ4v) is 2.95. The molecule has 19 heavy (non-hydrogen) atoms. The van der Waals surface area contributed by atoms with Crippen molar-refractivity contribution in [2.45, 2.75) is 24.5 Å². The number of methoxy groups -OCH3 is 1. The van der Waals surface area contributed by atoms with E-state index in [0.717, 1.165) is 11.5 Å². The van der Waals surface area contributed by atoms with E-state index in [9.17, 15) is 0 Å². The molecule has 2 N–H and O–H groups in total. The van der Waals surface area contributed by atoms with Crippen LogP contribution in [0.25, 0.3) is 0 Å². The molecular formula is C16H19NOS. The first-order valence-electron chi connectivity index (χ1n) is 6.22. The van der Waals surface area contributed by atoms with Gasteiger partial charge in [0.1, 0.15) is 5.75 Å². The van der Waals surface area contributed by atoms with Crippen LogP contribution in [0.5, 0.6) is 5.75 Å². The Morgan fingerprint density at radius 2 is 1.89 bits per heavy atom. The highest BCUT2D eigenvalue weighted by Gasteiger charge is 2.03. The maximum absolute atomic E-state index is 5.92. The van der Waals surface area contributed by atoms with Crippen LogP contribution in [0.2, 0.25) is 0 Å². The molecule has 0 unspecified atom stereocenters. The van der Waals surface area contributed by atoms with Crippen LogP contribution >= 0.6 is 11.8 Å². The molecule has 0 spiro atoms. The van der Waals surface area contributed by atoms with E-state index in [-0.39, 0.29) is 0 Å². The lowest BCUT2D eigenvalue weighted by molar-refractivity contribution is 0.417. The summed E-state index contributed by atoms with van der Waals surface area (Å²) in [5, 5.41) is 0. The Morgan fingerprint density at radius 3 is 2.53 bits per heavy atom. The second kappa shape index (κ2) is 6.02. The molecule has 3 heteroatoms. The van der Waals surface area contributed by atoms with Crippen molar-refractivity contribution in [2.75, 3.05) is 12.8 Å². The summed E-state index contributed by atoms with van der Waals surface area (Å²) in [6.45, 7) is 4.27. The highest BCUT2D eigenvalue weighted by molar-refractivity contribution is 7.98. The van der Waals surface area contributed by atoms with Crippen LogP contribution in [-0.2, 0) is 5.75 Å². The number of ether oxygens (including phenoxy) is 1. The normalized spacial score (nSPS) is 10.5. The van der Waals surface area contributed by atoms with Gasteiger partial charge in [0.2, 0.25) is 0 Å². The van der Waals surface area contributed by atoms with Crippen LogP contribution in [-0.4, -0.2) is 7.11 Å². The Balaban J connectivity index is 2.08. The SMILES string of the molecule is COc1ccc(CSc2ccc(C)cc2C)cc1N. The van der Waals surface area contributed by atoms with Crippen molar-refractivity contribution in [1.29, 1.82) is 0 Å². The van der Waals surface area contributed by atoms with E-state index in [4.69, 9.17) is 10.5 Å². The van der Waals surface area contributed by atoms with Crippen LogP contribution in [0.4, 0.5) is 5.69 Å². The number of anilines is 1. The average molecular weight is 273 g/mol. The quantitative estimate of drug-likeness (QED) is 0.670. The van der Waals surface area contributed by atoms with Crippen LogP contribution in [0.15, 0.2) is 41.3 Å². The molecule has 2 nitrogen and oxygen atoms in total. The van der Waals surface area contributed by atoms with Gasteiger partial charge in [0.15, 0.2) is 0 Å². The lowest BCUT2D eigenvalue weighted by atomic mass is 10.2. The van der Waals surface area contributed by atoms with Gasteiger partial charge in [0.25, 0.3) is 0 Å². The van der Waals surface area contributed by atoms with Crippen LogP contribution in [0, 0.1) is 13.8 Å². The third kappa shape index (κ3) is 3.44. The molecule has 2 aromatic carbocycles. The smallest absolute Gasteiger partial charge is 0.141 e. The molecule has 2 aromatic rings. The predicted octanol–water partition coefficient (Wildman–Crippen LogP) is 4.19. The number of hydrogen-bond acceptors (Lipinski definition) is 3. The molecule has 2 rings (SSSR count).